The zero-order valence-electron chi connectivity index (χ0n) is 22.4. The van der Waals surface area contributed by atoms with Crippen molar-refractivity contribution in [2.45, 2.75) is 90.6 Å². The Morgan fingerprint density at radius 2 is 1.81 bits per heavy atom. The second-order valence-electron chi connectivity index (χ2n) is 11.4. The van der Waals surface area contributed by atoms with Crippen LogP contribution in [-0.4, -0.2) is 76.6 Å². The summed E-state index contributed by atoms with van der Waals surface area (Å²) in [5.74, 6) is -0.969. The molecule has 1 aromatic rings. The minimum Gasteiger partial charge on any atom is -0.481 e. The quantitative estimate of drug-likeness (QED) is 0.333. The van der Waals surface area contributed by atoms with E-state index in [1.165, 1.54) is 5.06 Å². The van der Waals surface area contributed by atoms with E-state index in [4.69, 9.17) is 14.3 Å². The van der Waals surface area contributed by atoms with Crippen molar-refractivity contribution in [3.63, 3.8) is 0 Å². The van der Waals surface area contributed by atoms with Gasteiger partial charge in [0, 0.05) is 6.54 Å². The monoisotopic (exact) mass is 506 g/mol. The maximum Gasteiger partial charge on any atom is 0.410 e. The molecule has 1 aromatic carbocycles. The number of rotatable bonds is 12. The van der Waals surface area contributed by atoms with Crippen molar-refractivity contribution in [3.05, 3.63) is 35.9 Å². The molecule has 1 aliphatic rings. The highest BCUT2D eigenvalue weighted by atomic mass is 16.7. The van der Waals surface area contributed by atoms with Gasteiger partial charge in [0.05, 0.1) is 37.3 Å². The van der Waals surface area contributed by atoms with Crippen LogP contribution in [-0.2, 0) is 30.3 Å². The van der Waals surface area contributed by atoms with Crippen LogP contribution in [0, 0.1) is 5.92 Å². The number of hydrogen-bond acceptors (Lipinski definition) is 6. The molecule has 1 N–H and O–H groups in total. The molecule has 0 aromatic heterocycles. The fourth-order valence-electron chi connectivity index (χ4n) is 4.21. The van der Waals surface area contributed by atoms with E-state index in [-0.39, 0.29) is 25.0 Å². The Morgan fingerprint density at radius 3 is 2.36 bits per heavy atom. The zero-order chi connectivity index (χ0) is 26.9. The fourth-order valence-corrected chi connectivity index (χ4v) is 4.21. The second kappa shape index (κ2) is 13.1. The maximum absolute atomic E-state index is 13.0. The van der Waals surface area contributed by atoms with Gasteiger partial charge in [0.25, 0.3) is 0 Å². The van der Waals surface area contributed by atoms with Gasteiger partial charge < -0.3 is 19.5 Å². The van der Waals surface area contributed by atoms with E-state index >= 15 is 0 Å². The molecule has 1 heterocycles. The van der Waals surface area contributed by atoms with Crippen LogP contribution in [0.3, 0.4) is 0 Å². The van der Waals surface area contributed by atoms with E-state index in [0.717, 1.165) is 5.56 Å². The molecule has 2 amide bonds. The molecule has 9 nitrogen and oxygen atoms in total. The topological polar surface area (TPSA) is 106 Å². The number of carboxylic acids is 1. The first-order valence-corrected chi connectivity index (χ1v) is 12.5. The molecule has 9 heteroatoms. The summed E-state index contributed by atoms with van der Waals surface area (Å²) in [6.07, 6.45) is 1.42. The molecule has 36 heavy (non-hydrogen) atoms. The molecule has 0 bridgehead atoms. The first kappa shape index (κ1) is 29.6. The van der Waals surface area contributed by atoms with Gasteiger partial charge in [0.1, 0.15) is 5.60 Å². The molecule has 0 aliphatic carbocycles. The van der Waals surface area contributed by atoms with E-state index < -0.39 is 29.4 Å². The number of aryl methyl sites for hydroxylation is 1. The van der Waals surface area contributed by atoms with Gasteiger partial charge >= 0.3 is 12.1 Å². The molecule has 0 unspecified atom stereocenters. The molecule has 2 rings (SSSR count). The van der Waals surface area contributed by atoms with Gasteiger partial charge in [-0.1, -0.05) is 30.3 Å². The molecule has 1 saturated heterocycles. The predicted octanol–water partition coefficient (Wildman–Crippen LogP) is 4.29. The van der Waals surface area contributed by atoms with Crippen LogP contribution < -0.4 is 0 Å². The molecule has 0 radical (unpaired) electrons. The number of aliphatic carboxylic acids is 1. The first-order valence-electron chi connectivity index (χ1n) is 12.5. The highest BCUT2D eigenvalue weighted by Gasteiger charge is 2.39. The maximum atomic E-state index is 13.0. The van der Waals surface area contributed by atoms with Crippen LogP contribution in [0.2, 0.25) is 0 Å². The van der Waals surface area contributed by atoms with Crippen LogP contribution in [0.5, 0.6) is 0 Å². The van der Waals surface area contributed by atoms with Crippen molar-refractivity contribution < 1.29 is 33.8 Å². The lowest BCUT2D eigenvalue weighted by molar-refractivity contribution is -0.219. The largest absolute Gasteiger partial charge is 0.481 e. The zero-order valence-corrected chi connectivity index (χ0v) is 22.4. The number of amides is 2. The number of hydroxylamine groups is 2. The van der Waals surface area contributed by atoms with Crippen LogP contribution in [0.15, 0.2) is 30.3 Å². The number of nitrogens with zero attached hydrogens (tertiary/aromatic N) is 2. The molecule has 3 atom stereocenters. The number of carbonyl (C=O) groups is 3. The highest BCUT2D eigenvalue weighted by molar-refractivity contribution is 5.69. The minimum absolute atomic E-state index is 0.0408. The van der Waals surface area contributed by atoms with Crippen molar-refractivity contribution >= 4 is 18.5 Å². The number of carboxylic acid groups (broad SMARTS) is 1. The highest BCUT2D eigenvalue weighted by Crippen LogP contribution is 2.28. The second-order valence-corrected chi connectivity index (χ2v) is 11.4. The SMILES string of the molecule is CC(C)(C)OC(=O)N1C[C@H](CN(C=O)OC(C)(C)C)C[C@@H]1CO[C@@H](CCc1ccccc1)CC(=O)O. The third-order valence-corrected chi connectivity index (χ3v) is 5.60. The lowest BCUT2D eigenvalue weighted by atomic mass is 10.0. The summed E-state index contributed by atoms with van der Waals surface area (Å²) >= 11 is 0. The van der Waals surface area contributed by atoms with Crippen molar-refractivity contribution in [2.75, 3.05) is 19.7 Å². The van der Waals surface area contributed by atoms with Gasteiger partial charge in [0.2, 0.25) is 6.41 Å². The summed E-state index contributed by atoms with van der Waals surface area (Å²) in [7, 11) is 0. The average molecular weight is 507 g/mol. The molecule has 1 aliphatic heterocycles. The summed E-state index contributed by atoms with van der Waals surface area (Å²) in [6.45, 7) is 11.9. The average Bonchev–Trinajstić information content (AvgIpc) is 3.16. The Labute approximate surface area is 214 Å². The lowest BCUT2D eigenvalue weighted by Gasteiger charge is -2.29. The Morgan fingerprint density at radius 1 is 1.14 bits per heavy atom. The Kier molecular flexibility index (Phi) is 10.7. The number of likely N-dealkylation sites (tertiary alicyclic amines) is 1. The molecule has 202 valence electrons. The number of benzene rings is 1. The van der Waals surface area contributed by atoms with E-state index in [2.05, 4.69) is 0 Å². The fraction of sp³-hybridized carbons (Fsp3) is 0.667. The van der Waals surface area contributed by atoms with Crippen molar-refractivity contribution in [2.24, 2.45) is 5.92 Å². The third kappa shape index (κ3) is 11.0. The Hall–Kier alpha value is -2.65. The summed E-state index contributed by atoms with van der Waals surface area (Å²) in [5, 5.41) is 10.7. The number of hydrogen-bond donors (Lipinski definition) is 1. The van der Waals surface area contributed by atoms with E-state index in [0.29, 0.717) is 38.8 Å². The van der Waals surface area contributed by atoms with Crippen molar-refractivity contribution in [3.8, 4) is 0 Å². The summed E-state index contributed by atoms with van der Waals surface area (Å²) in [6, 6.07) is 9.54. The van der Waals surface area contributed by atoms with Gasteiger partial charge in [-0.25, -0.2) is 9.86 Å². The van der Waals surface area contributed by atoms with Crippen LogP contribution in [0.4, 0.5) is 4.79 Å². The third-order valence-electron chi connectivity index (χ3n) is 5.60. The van der Waals surface area contributed by atoms with Gasteiger partial charge in [-0.15, -0.1) is 0 Å². The van der Waals surface area contributed by atoms with Crippen molar-refractivity contribution in [1.82, 2.24) is 9.96 Å². The van der Waals surface area contributed by atoms with Gasteiger partial charge in [0.15, 0.2) is 0 Å². The van der Waals surface area contributed by atoms with Gasteiger partial charge in [-0.3, -0.25) is 14.4 Å². The van der Waals surface area contributed by atoms with Gasteiger partial charge in [-0.2, -0.15) is 0 Å². The van der Waals surface area contributed by atoms with E-state index in [1.807, 2.05) is 71.9 Å². The number of carbonyl (C=O) groups excluding carboxylic acids is 2. The standard InChI is InChI=1S/C27H42N2O7/c1-26(2,3)35-25(33)29-17-21(16-28(19-30)36-27(4,5)6)14-22(29)18-34-23(15-24(31)32)13-12-20-10-8-7-9-11-20/h7-11,19,21-23H,12-18H2,1-6H3,(H,31,32)/t21-,22+,23-/m0/s1. The molecule has 0 saturated carbocycles. The summed E-state index contributed by atoms with van der Waals surface area (Å²) in [5.41, 5.74) is -0.0808. The van der Waals surface area contributed by atoms with Crippen LogP contribution in [0.25, 0.3) is 0 Å². The van der Waals surface area contributed by atoms with E-state index in [9.17, 15) is 19.5 Å². The van der Waals surface area contributed by atoms with Crippen LogP contribution in [0.1, 0.15) is 66.4 Å². The number of ether oxygens (including phenoxy) is 2. The Bertz CT molecular complexity index is 848. The predicted molar refractivity (Wildman–Crippen MR) is 135 cm³/mol. The van der Waals surface area contributed by atoms with Crippen molar-refractivity contribution in [1.29, 1.82) is 0 Å². The normalized spacial score (nSPS) is 19.1. The van der Waals surface area contributed by atoms with E-state index in [1.54, 1.807) is 4.90 Å². The minimum atomic E-state index is -0.928. The Balaban J connectivity index is 2.08. The molecular weight excluding hydrogens is 464 g/mol. The summed E-state index contributed by atoms with van der Waals surface area (Å²) in [4.78, 5) is 43.3. The van der Waals surface area contributed by atoms with Crippen LogP contribution >= 0.6 is 0 Å². The first-order chi connectivity index (χ1) is 16.8. The van der Waals surface area contributed by atoms with Gasteiger partial charge in [-0.05, 0) is 72.3 Å². The molecule has 1 fully saturated rings. The molecular formula is C27H42N2O7. The summed E-state index contributed by atoms with van der Waals surface area (Å²) < 4.78 is 11.7. The lowest BCUT2D eigenvalue weighted by Crippen LogP contribution is -2.42. The smallest absolute Gasteiger partial charge is 0.410 e. The molecule has 0 spiro atoms.